The average Bonchev–Trinajstić information content (AvgIpc) is 3.13. The molecule has 5 nitrogen and oxygen atoms in total. The molecule has 1 heterocycles. The highest BCUT2D eigenvalue weighted by molar-refractivity contribution is 7.07. The van der Waals surface area contributed by atoms with Crippen LogP contribution in [0, 0.1) is 0 Å². The number of methoxy groups -OCH3 is 1. The van der Waals surface area contributed by atoms with Crippen molar-refractivity contribution in [3.05, 3.63) is 24.0 Å². The van der Waals surface area contributed by atoms with Gasteiger partial charge in [0.15, 0.2) is 5.75 Å². The minimum absolute atomic E-state index is 0.525. The molecule has 6 heteroatoms. The normalized spacial score (nSPS) is 14.5. The summed E-state index contributed by atoms with van der Waals surface area (Å²) in [6.07, 6.45) is 2.36. The van der Waals surface area contributed by atoms with Gasteiger partial charge in [-0.1, -0.05) is 0 Å². The topological polar surface area (TPSA) is 70.3 Å². The van der Waals surface area contributed by atoms with Gasteiger partial charge >= 0.3 is 0 Å². The Hall–Kier alpha value is -1.82. The van der Waals surface area contributed by atoms with Gasteiger partial charge in [-0.25, -0.2) is 0 Å². The minimum atomic E-state index is 0.525. The number of hydrogen-bond acceptors (Lipinski definition) is 6. The number of ether oxygens (including phenoxy) is 2. The molecule has 1 aromatic heterocycles. The predicted molar refractivity (Wildman–Crippen MR) is 69.4 cm³/mol. The lowest BCUT2D eigenvalue weighted by Crippen LogP contribution is -1.93. The standard InChI is InChI=1S/C12H13N3O2S/c1-16-8-4-5-9(13)10(6-8)17-12-14-11(15-18-12)7-2-3-7/h4-7H,2-3,13H2,1H3. The highest BCUT2D eigenvalue weighted by Crippen LogP contribution is 2.40. The zero-order valence-electron chi connectivity index (χ0n) is 9.92. The van der Waals surface area contributed by atoms with Gasteiger partial charge in [0, 0.05) is 23.5 Å². The molecule has 2 aromatic rings. The largest absolute Gasteiger partial charge is 0.497 e. The lowest BCUT2D eigenvalue weighted by Gasteiger charge is -2.07. The summed E-state index contributed by atoms with van der Waals surface area (Å²) in [4.78, 5) is 4.35. The maximum atomic E-state index is 5.85. The highest BCUT2D eigenvalue weighted by Gasteiger charge is 2.28. The Balaban J connectivity index is 1.81. The van der Waals surface area contributed by atoms with Gasteiger partial charge in [0.05, 0.1) is 12.8 Å². The van der Waals surface area contributed by atoms with Crippen molar-refractivity contribution in [2.24, 2.45) is 0 Å². The molecule has 1 fully saturated rings. The number of anilines is 1. The second kappa shape index (κ2) is 4.45. The van der Waals surface area contributed by atoms with E-state index in [1.54, 1.807) is 25.3 Å². The zero-order valence-corrected chi connectivity index (χ0v) is 10.7. The monoisotopic (exact) mass is 263 g/mol. The van der Waals surface area contributed by atoms with Crippen LogP contribution < -0.4 is 15.2 Å². The summed E-state index contributed by atoms with van der Waals surface area (Å²) >= 11 is 1.26. The van der Waals surface area contributed by atoms with Crippen LogP contribution in [0.15, 0.2) is 18.2 Å². The van der Waals surface area contributed by atoms with Crippen molar-refractivity contribution < 1.29 is 9.47 Å². The van der Waals surface area contributed by atoms with Crippen LogP contribution >= 0.6 is 11.5 Å². The number of benzene rings is 1. The van der Waals surface area contributed by atoms with Crippen molar-refractivity contribution in [2.45, 2.75) is 18.8 Å². The lowest BCUT2D eigenvalue weighted by molar-refractivity contribution is 0.409. The first kappa shape index (κ1) is 11.3. The van der Waals surface area contributed by atoms with Crippen molar-refractivity contribution >= 4 is 17.2 Å². The molecule has 0 atom stereocenters. The van der Waals surface area contributed by atoms with Gasteiger partial charge in [0.25, 0.3) is 5.19 Å². The highest BCUT2D eigenvalue weighted by atomic mass is 32.1. The first-order chi connectivity index (χ1) is 8.76. The smallest absolute Gasteiger partial charge is 0.298 e. The van der Waals surface area contributed by atoms with Gasteiger partial charge in [-0.15, -0.1) is 0 Å². The molecular formula is C12H13N3O2S. The molecule has 0 saturated heterocycles. The molecule has 1 aliphatic carbocycles. The molecule has 0 bridgehead atoms. The van der Waals surface area contributed by atoms with Gasteiger partial charge in [0.2, 0.25) is 0 Å². The molecule has 0 amide bonds. The Bertz CT molecular complexity index is 566. The first-order valence-corrected chi connectivity index (χ1v) is 6.48. The number of hydrogen-bond donors (Lipinski definition) is 1. The van der Waals surface area contributed by atoms with Crippen LogP contribution in [0.4, 0.5) is 5.69 Å². The second-order valence-corrected chi connectivity index (χ2v) is 4.91. The Morgan fingerprint density at radius 2 is 2.22 bits per heavy atom. The van der Waals surface area contributed by atoms with Crippen LogP contribution in [0.5, 0.6) is 16.7 Å². The number of nitrogens with zero attached hydrogens (tertiary/aromatic N) is 2. The number of aromatic nitrogens is 2. The molecule has 3 rings (SSSR count). The van der Waals surface area contributed by atoms with E-state index in [2.05, 4.69) is 9.36 Å². The van der Waals surface area contributed by atoms with Crippen LogP contribution in [0.1, 0.15) is 24.6 Å². The molecular weight excluding hydrogens is 250 g/mol. The number of nitrogen functional groups attached to an aromatic ring is 1. The Morgan fingerprint density at radius 3 is 2.94 bits per heavy atom. The summed E-state index contributed by atoms with van der Waals surface area (Å²) in [6, 6.07) is 5.28. The van der Waals surface area contributed by atoms with E-state index in [0.717, 1.165) is 5.82 Å². The summed E-state index contributed by atoms with van der Waals surface area (Å²) in [7, 11) is 1.60. The fraction of sp³-hybridized carbons (Fsp3) is 0.333. The Kier molecular flexibility index (Phi) is 2.79. The van der Waals surface area contributed by atoms with Crippen LogP contribution in [-0.4, -0.2) is 16.5 Å². The lowest BCUT2D eigenvalue weighted by atomic mass is 10.3. The van der Waals surface area contributed by atoms with E-state index in [9.17, 15) is 0 Å². The van der Waals surface area contributed by atoms with Gasteiger partial charge in [-0.3, -0.25) is 0 Å². The molecule has 0 radical (unpaired) electrons. The average molecular weight is 263 g/mol. The van der Waals surface area contributed by atoms with E-state index >= 15 is 0 Å². The van der Waals surface area contributed by atoms with Crippen molar-refractivity contribution in [1.29, 1.82) is 0 Å². The molecule has 18 heavy (non-hydrogen) atoms. The fourth-order valence-electron chi connectivity index (χ4n) is 1.59. The van der Waals surface area contributed by atoms with Crippen molar-refractivity contribution in [3.8, 4) is 16.7 Å². The van der Waals surface area contributed by atoms with E-state index in [1.807, 2.05) is 0 Å². The van der Waals surface area contributed by atoms with Gasteiger partial charge in [-0.2, -0.15) is 9.36 Å². The van der Waals surface area contributed by atoms with Crippen LogP contribution in [0.25, 0.3) is 0 Å². The molecule has 0 unspecified atom stereocenters. The predicted octanol–water partition coefficient (Wildman–Crippen LogP) is 2.80. The summed E-state index contributed by atoms with van der Waals surface area (Å²) in [6.45, 7) is 0. The van der Waals surface area contributed by atoms with Crippen molar-refractivity contribution in [2.75, 3.05) is 12.8 Å². The first-order valence-electron chi connectivity index (χ1n) is 5.71. The van der Waals surface area contributed by atoms with Gasteiger partial charge in [0.1, 0.15) is 11.6 Å². The summed E-state index contributed by atoms with van der Waals surface area (Å²) in [5.74, 6) is 2.66. The van der Waals surface area contributed by atoms with Crippen LogP contribution in [-0.2, 0) is 0 Å². The van der Waals surface area contributed by atoms with Gasteiger partial charge in [-0.05, 0) is 25.0 Å². The van der Waals surface area contributed by atoms with E-state index in [0.29, 0.717) is 28.3 Å². The zero-order chi connectivity index (χ0) is 12.5. The summed E-state index contributed by atoms with van der Waals surface area (Å²) in [5, 5.41) is 0.525. The molecule has 2 N–H and O–H groups in total. The van der Waals surface area contributed by atoms with E-state index in [4.69, 9.17) is 15.2 Å². The number of rotatable bonds is 4. The molecule has 0 aliphatic heterocycles. The Morgan fingerprint density at radius 1 is 1.39 bits per heavy atom. The van der Waals surface area contributed by atoms with Crippen molar-refractivity contribution in [1.82, 2.24) is 9.36 Å². The third-order valence-electron chi connectivity index (χ3n) is 2.78. The molecule has 0 spiro atoms. The van der Waals surface area contributed by atoms with E-state index in [-0.39, 0.29) is 0 Å². The van der Waals surface area contributed by atoms with Crippen LogP contribution in [0.3, 0.4) is 0 Å². The Labute approximate surface area is 109 Å². The maximum absolute atomic E-state index is 5.85. The quantitative estimate of drug-likeness (QED) is 0.859. The van der Waals surface area contributed by atoms with Gasteiger partial charge < -0.3 is 15.2 Å². The molecule has 1 aliphatic rings. The minimum Gasteiger partial charge on any atom is -0.497 e. The number of nitrogens with two attached hydrogens (primary N) is 1. The maximum Gasteiger partial charge on any atom is 0.298 e. The van der Waals surface area contributed by atoms with E-state index < -0.39 is 0 Å². The molecule has 94 valence electrons. The molecule has 1 saturated carbocycles. The molecule has 1 aromatic carbocycles. The fourth-order valence-corrected chi connectivity index (χ4v) is 2.22. The van der Waals surface area contributed by atoms with Crippen LogP contribution in [0.2, 0.25) is 0 Å². The SMILES string of the molecule is COc1ccc(N)c(Oc2nc(C3CC3)ns2)c1. The van der Waals surface area contributed by atoms with E-state index in [1.165, 1.54) is 24.4 Å². The summed E-state index contributed by atoms with van der Waals surface area (Å²) < 4.78 is 15.1. The van der Waals surface area contributed by atoms with Crippen molar-refractivity contribution in [3.63, 3.8) is 0 Å². The third-order valence-corrected chi connectivity index (χ3v) is 3.39. The summed E-state index contributed by atoms with van der Waals surface area (Å²) in [5.41, 5.74) is 6.40. The third kappa shape index (κ3) is 2.24. The second-order valence-electron chi connectivity index (χ2n) is 4.20.